The van der Waals surface area contributed by atoms with Gasteiger partial charge in [0, 0.05) is 38.3 Å². The Morgan fingerprint density at radius 3 is 2.90 bits per heavy atom. The molecule has 160 valence electrons. The molecule has 1 aliphatic rings. The molecule has 2 N–H and O–H groups in total. The van der Waals surface area contributed by atoms with Crippen LogP contribution in [0.15, 0.2) is 30.7 Å². The van der Waals surface area contributed by atoms with Gasteiger partial charge in [-0.1, -0.05) is 0 Å². The lowest BCUT2D eigenvalue weighted by atomic mass is 10.2. The van der Waals surface area contributed by atoms with E-state index in [0.717, 1.165) is 6.26 Å². The fourth-order valence-corrected chi connectivity index (χ4v) is 3.76. The van der Waals surface area contributed by atoms with Crippen molar-refractivity contribution in [3.05, 3.63) is 36.4 Å². The maximum atomic E-state index is 13.0. The first-order valence-electron chi connectivity index (χ1n) is 9.18. The largest absolute Gasteiger partial charge is 0.354 e. The van der Waals surface area contributed by atoms with Crippen molar-refractivity contribution in [1.29, 1.82) is 0 Å². The van der Waals surface area contributed by atoms with E-state index in [-0.39, 0.29) is 18.3 Å². The van der Waals surface area contributed by atoms with Crippen LogP contribution in [0.2, 0.25) is 0 Å². The molecule has 4 rings (SSSR count). The molecule has 0 aliphatic carbocycles. The lowest BCUT2D eigenvalue weighted by molar-refractivity contribution is 0.144. The number of sulfonamides is 1. The molecule has 0 saturated carbocycles. The Labute approximate surface area is 171 Å². The number of imidazole rings is 1. The number of hydrogen-bond acceptors (Lipinski definition) is 8. The van der Waals surface area contributed by atoms with Crippen LogP contribution in [0.4, 0.5) is 14.6 Å². The summed E-state index contributed by atoms with van der Waals surface area (Å²) in [7, 11) is -3.28. The average molecular weight is 438 g/mol. The second-order valence-electron chi connectivity index (χ2n) is 6.95. The Bertz CT molecular complexity index is 1150. The van der Waals surface area contributed by atoms with Crippen LogP contribution in [0.3, 0.4) is 0 Å². The molecule has 1 atom stereocenters. The highest BCUT2D eigenvalue weighted by atomic mass is 32.2. The summed E-state index contributed by atoms with van der Waals surface area (Å²) >= 11 is 0. The topological polar surface area (TPSA) is 117 Å². The molecule has 0 spiro atoms. The summed E-state index contributed by atoms with van der Waals surface area (Å²) < 4.78 is 52.6. The summed E-state index contributed by atoms with van der Waals surface area (Å²) in [6, 6.07) is 4.38. The van der Waals surface area contributed by atoms with E-state index in [2.05, 4.69) is 30.1 Å². The third-order valence-corrected chi connectivity index (χ3v) is 5.38. The smallest absolute Gasteiger partial charge is 0.282 e. The van der Waals surface area contributed by atoms with Gasteiger partial charge < -0.3 is 10.2 Å². The molecule has 10 nitrogen and oxygen atoms in total. The molecule has 30 heavy (non-hydrogen) atoms. The molecule has 1 unspecified atom stereocenters. The number of alkyl halides is 2. The van der Waals surface area contributed by atoms with Crippen LogP contribution in [0, 0.1) is 0 Å². The minimum absolute atomic E-state index is 0.0852. The van der Waals surface area contributed by atoms with E-state index in [1.165, 1.54) is 29.2 Å². The normalized spacial score (nSPS) is 17.7. The van der Waals surface area contributed by atoms with E-state index >= 15 is 0 Å². The summed E-state index contributed by atoms with van der Waals surface area (Å²) in [5.41, 5.74) is 1.06. The third-order valence-electron chi connectivity index (χ3n) is 4.69. The zero-order valence-electron chi connectivity index (χ0n) is 16.0. The van der Waals surface area contributed by atoms with Gasteiger partial charge in [0.25, 0.3) is 6.43 Å². The molecule has 1 fully saturated rings. The zero-order chi connectivity index (χ0) is 21.3. The molecule has 3 aromatic rings. The van der Waals surface area contributed by atoms with Crippen LogP contribution < -0.4 is 14.9 Å². The zero-order valence-corrected chi connectivity index (χ0v) is 16.9. The molecule has 13 heteroatoms. The monoisotopic (exact) mass is 438 g/mol. The predicted molar refractivity (Wildman–Crippen MR) is 106 cm³/mol. The summed E-state index contributed by atoms with van der Waals surface area (Å²) in [4.78, 5) is 14.8. The first-order chi connectivity index (χ1) is 14.3. The van der Waals surface area contributed by atoms with E-state index in [0.29, 0.717) is 42.5 Å². The highest BCUT2D eigenvalue weighted by Gasteiger charge is 2.22. The van der Waals surface area contributed by atoms with Gasteiger partial charge in [-0.15, -0.1) is 0 Å². The third kappa shape index (κ3) is 4.52. The number of anilines is 1. The number of aromatic nitrogens is 5. The highest BCUT2D eigenvalue weighted by molar-refractivity contribution is 7.88. The van der Waals surface area contributed by atoms with Crippen LogP contribution >= 0.6 is 0 Å². The average Bonchev–Trinajstić information content (AvgIpc) is 3.15. The number of nitrogens with one attached hydrogen (secondary N) is 2. The van der Waals surface area contributed by atoms with E-state index in [4.69, 9.17) is 0 Å². The molecular weight excluding hydrogens is 418 g/mol. The second kappa shape index (κ2) is 8.16. The van der Waals surface area contributed by atoms with Crippen molar-refractivity contribution in [3.8, 4) is 11.4 Å². The molecule has 0 amide bonds. The van der Waals surface area contributed by atoms with Gasteiger partial charge in [-0.25, -0.2) is 41.4 Å². The van der Waals surface area contributed by atoms with Crippen LogP contribution in [0.25, 0.3) is 17.0 Å². The van der Waals surface area contributed by atoms with E-state index in [9.17, 15) is 17.2 Å². The van der Waals surface area contributed by atoms with E-state index in [1.54, 1.807) is 6.07 Å². The standard InChI is InChI=1S/C17H20F2N8O2S/c1-30(28,29)24-7-11-9-26(5-4-20-11)16-6-13(22-10-23-16)14-8-21-15-3-2-12(17(18)19)25-27(14)15/h2-3,6,8,10-11,17,20,24H,4-5,7,9H2,1H3. The van der Waals surface area contributed by atoms with Gasteiger partial charge in [0.1, 0.15) is 23.5 Å². The maximum absolute atomic E-state index is 13.0. The van der Waals surface area contributed by atoms with Crippen LogP contribution in [0.5, 0.6) is 0 Å². The molecule has 4 heterocycles. The van der Waals surface area contributed by atoms with Gasteiger partial charge in [-0.2, -0.15) is 5.10 Å². The summed E-state index contributed by atoms with van der Waals surface area (Å²) in [6.45, 7) is 2.14. The van der Waals surface area contributed by atoms with Crippen LogP contribution in [0.1, 0.15) is 12.1 Å². The number of piperazine rings is 1. The van der Waals surface area contributed by atoms with Crippen LogP contribution in [-0.2, 0) is 10.0 Å². The number of fused-ring (bicyclic) bond motifs is 1. The Morgan fingerprint density at radius 1 is 1.30 bits per heavy atom. The molecular formula is C17H20F2N8O2S. The lowest BCUT2D eigenvalue weighted by Crippen LogP contribution is -2.55. The number of nitrogens with zero attached hydrogens (tertiary/aromatic N) is 6. The van der Waals surface area contributed by atoms with E-state index < -0.39 is 16.4 Å². The van der Waals surface area contributed by atoms with Crippen molar-refractivity contribution in [2.45, 2.75) is 12.5 Å². The minimum Gasteiger partial charge on any atom is -0.354 e. The van der Waals surface area contributed by atoms with Crippen LogP contribution in [-0.4, -0.2) is 71.5 Å². The summed E-state index contributed by atoms with van der Waals surface area (Å²) in [5.74, 6) is 0.644. The molecule has 1 aliphatic heterocycles. The molecule has 1 saturated heterocycles. The Morgan fingerprint density at radius 2 is 2.13 bits per heavy atom. The van der Waals surface area contributed by atoms with Gasteiger partial charge in [0.2, 0.25) is 10.0 Å². The fourth-order valence-electron chi connectivity index (χ4n) is 3.26. The fraction of sp³-hybridized carbons (Fsp3) is 0.412. The first-order valence-corrected chi connectivity index (χ1v) is 11.1. The highest BCUT2D eigenvalue weighted by Crippen LogP contribution is 2.24. The second-order valence-corrected chi connectivity index (χ2v) is 8.78. The molecule has 3 aromatic heterocycles. The van der Waals surface area contributed by atoms with Crippen molar-refractivity contribution in [3.63, 3.8) is 0 Å². The minimum atomic E-state index is -3.28. The quantitative estimate of drug-likeness (QED) is 0.570. The SMILES string of the molecule is CS(=O)(=O)NCC1CN(c2cc(-c3cnc4ccc(C(F)F)nn34)ncn2)CCN1. The van der Waals surface area contributed by atoms with Gasteiger partial charge >= 0.3 is 0 Å². The van der Waals surface area contributed by atoms with Gasteiger partial charge in [-0.05, 0) is 12.1 Å². The van der Waals surface area contributed by atoms with Gasteiger partial charge in [0.05, 0.1) is 18.1 Å². The summed E-state index contributed by atoms with van der Waals surface area (Å²) in [5, 5.41) is 7.24. The first kappa shape index (κ1) is 20.5. The maximum Gasteiger partial charge on any atom is 0.282 e. The van der Waals surface area contributed by atoms with Crippen molar-refractivity contribution >= 4 is 21.5 Å². The molecule has 0 aromatic carbocycles. The predicted octanol–water partition coefficient (Wildman–Crippen LogP) is 0.451. The Kier molecular flexibility index (Phi) is 5.58. The van der Waals surface area contributed by atoms with Crippen molar-refractivity contribution < 1.29 is 17.2 Å². The van der Waals surface area contributed by atoms with Gasteiger partial charge in [-0.3, -0.25) is 0 Å². The summed E-state index contributed by atoms with van der Waals surface area (Å²) in [6.07, 6.45) is 1.35. The van der Waals surface area contributed by atoms with Crippen molar-refractivity contribution in [2.24, 2.45) is 0 Å². The Hall–Kier alpha value is -2.77. The van der Waals surface area contributed by atoms with Crippen molar-refractivity contribution in [1.82, 2.24) is 34.6 Å². The number of halogens is 2. The molecule has 0 bridgehead atoms. The van der Waals surface area contributed by atoms with E-state index in [1.807, 2.05) is 4.90 Å². The van der Waals surface area contributed by atoms with Crippen molar-refractivity contribution in [2.75, 3.05) is 37.3 Å². The number of hydrogen-bond donors (Lipinski definition) is 2. The van der Waals surface area contributed by atoms with Gasteiger partial charge in [0.15, 0.2) is 5.65 Å². The molecule has 0 radical (unpaired) electrons. The lowest BCUT2D eigenvalue weighted by Gasteiger charge is -2.34. The Balaban J connectivity index is 1.59. The number of rotatable bonds is 6.